The van der Waals surface area contributed by atoms with E-state index in [0.717, 1.165) is 66.1 Å². The number of hydrogen-bond acceptors (Lipinski definition) is 5. The number of amides is 1. The van der Waals surface area contributed by atoms with Gasteiger partial charge in [0.2, 0.25) is 5.91 Å². The van der Waals surface area contributed by atoms with Crippen molar-refractivity contribution in [3.63, 3.8) is 0 Å². The lowest BCUT2D eigenvalue weighted by Crippen LogP contribution is -2.44. The van der Waals surface area contributed by atoms with Gasteiger partial charge < -0.3 is 20.0 Å². The first-order valence-electron chi connectivity index (χ1n) is 12.1. The van der Waals surface area contributed by atoms with Crippen LogP contribution in [-0.4, -0.2) is 50.9 Å². The minimum absolute atomic E-state index is 0.0755. The van der Waals surface area contributed by atoms with Crippen LogP contribution in [0.2, 0.25) is 0 Å². The van der Waals surface area contributed by atoms with Crippen molar-refractivity contribution in [3.05, 3.63) is 29.6 Å². The molecule has 2 N–H and O–H groups in total. The lowest BCUT2D eigenvalue weighted by atomic mass is 9.79. The molecule has 7 nitrogen and oxygen atoms in total. The molecule has 1 saturated heterocycles. The Bertz CT molecular complexity index is 951. The number of nitrogens with one attached hydrogen (secondary N) is 1. The number of piperidine rings is 1. The maximum Gasteiger partial charge on any atom is 0.217 e. The van der Waals surface area contributed by atoms with Crippen LogP contribution in [0, 0.1) is 11.8 Å². The molecule has 32 heavy (non-hydrogen) atoms. The van der Waals surface area contributed by atoms with E-state index in [0.29, 0.717) is 12.6 Å². The van der Waals surface area contributed by atoms with Gasteiger partial charge in [0.25, 0.3) is 0 Å². The topological polar surface area (TPSA) is 82.7 Å². The molecular weight excluding hydrogens is 402 g/mol. The largest absolute Gasteiger partial charge is 0.411 e. The van der Waals surface area contributed by atoms with Crippen LogP contribution >= 0.6 is 0 Å². The van der Waals surface area contributed by atoms with Crippen molar-refractivity contribution in [2.45, 2.75) is 77.9 Å². The number of carbonyl (C=O) groups excluding carboxylic acids is 1. The van der Waals surface area contributed by atoms with E-state index in [9.17, 15) is 10.0 Å². The highest BCUT2D eigenvalue weighted by molar-refractivity contribution is 5.99. The van der Waals surface area contributed by atoms with E-state index in [2.05, 4.69) is 38.8 Å². The van der Waals surface area contributed by atoms with Gasteiger partial charge in [0, 0.05) is 54.9 Å². The van der Waals surface area contributed by atoms with Gasteiger partial charge in [-0.2, -0.15) is 0 Å². The summed E-state index contributed by atoms with van der Waals surface area (Å²) in [5, 5.41) is 16.5. The number of carbonyl (C=O) groups is 1. The Kier molecular flexibility index (Phi) is 7.13. The van der Waals surface area contributed by atoms with E-state index in [4.69, 9.17) is 0 Å². The maximum atomic E-state index is 11.6. The summed E-state index contributed by atoms with van der Waals surface area (Å²) in [6.45, 7) is 8.83. The number of likely N-dealkylation sites (tertiary alicyclic amines) is 1. The van der Waals surface area contributed by atoms with Gasteiger partial charge in [-0.05, 0) is 62.5 Å². The Labute approximate surface area is 190 Å². The average molecular weight is 440 g/mol. The molecule has 0 atom stereocenters. The zero-order valence-electron chi connectivity index (χ0n) is 19.6. The number of rotatable bonds is 6. The SMILES string of the molecule is CC(=O)NCc1c(C=NO)c2cccnc2n1C1CCN(C2CCC(C(C)C)CC2)CC1. The van der Waals surface area contributed by atoms with E-state index in [-0.39, 0.29) is 5.91 Å². The molecule has 0 radical (unpaired) electrons. The van der Waals surface area contributed by atoms with Crippen LogP contribution in [0.4, 0.5) is 0 Å². The van der Waals surface area contributed by atoms with Crippen LogP contribution in [0.1, 0.15) is 76.6 Å². The number of hydrogen-bond donors (Lipinski definition) is 2. The number of pyridine rings is 1. The van der Waals surface area contributed by atoms with Gasteiger partial charge in [-0.25, -0.2) is 4.98 Å². The molecule has 1 aliphatic carbocycles. The van der Waals surface area contributed by atoms with Crippen molar-refractivity contribution < 1.29 is 10.0 Å². The Morgan fingerprint density at radius 3 is 2.56 bits per heavy atom. The van der Waals surface area contributed by atoms with Crippen LogP contribution in [0.25, 0.3) is 11.0 Å². The van der Waals surface area contributed by atoms with E-state index in [1.54, 1.807) is 0 Å². The third kappa shape index (κ3) is 4.68. The zero-order chi connectivity index (χ0) is 22.7. The van der Waals surface area contributed by atoms with Gasteiger partial charge in [-0.1, -0.05) is 19.0 Å². The molecule has 1 amide bonds. The second-order valence-electron chi connectivity index (χ2n) is 9.84. The highest BCUT2D eigenvalue weighted by Gasteiger charge is 2.32. The van der Waals surface area contributed by atoms with Gasteiger partial charge in [0.05, 0.1) is 12.8 Å². The van der Waals surface area contributed by atoms with Crippen molar-refractivity contribution in [1.29, 1.82) is 0 Å². The summed E-state index contributed by atoms with van der Waals surface area (Å²) in [5.74, 6) is 1.62. The molecule has 2 fully saturated rings. The second-order valence-corrected chi connectivity index (χ2v) is 9.84. The van der Waals surface area contributed by atoms with Gasteiger partial charge in [0.1, 0.15) is 5.65 Å². The summed E-state index contributed by atoms with van der Waals surface area (Å²) in [4.78, 5) is 19.0. The molecule has 2 aliphatic rings. The van der Waals surface area contributed by atoms with Crippen LogP contribution in [-0.2, 0) is 11.3 Å². The van der Waals surface area contributed by atoms with E-state index in [1.165, 1.54) is 38.8 Å². The molecular formula is C25H37N5O2. The smallest absolute Gasteiger partial charge is 0.217 e. The van der Waals surface area contributed by atoms with E-state index < -0.39 is 0 Å². The maximum absolute atomic E-state index is 11.6. The molecule has 0 aromatic carbocycles. The molecule has 0 spiro atoms. The summed E-state index contributed by atoms with van der Waals surface area (Å²) < 4.78 is 2.29. The first-order chi connectivity index (χ1) is 15.5. The quantitative estimate of drug-likeness (QED) is 0.399. The zero-order valence-corrected chi connectivity index (χ0v) is 19.6. The Hall–Kier alpha value is -2.41. The molecule has 174 valence electrons. The minimum Gasteiger partial charge on any atom is -0.411 e. The molecule has 1 saturated carbocycles. The van der Waals surface area contributed by atoms with Gasteiger partial charge in [-0.3, -0.25) is 4.79 Å². The summed E-state index contributed by atoms with van der Waals surface area (Å²) in [5.41, 5.74) is 2.69. The van der Waals surface area contributed by atoms with Crippen molar-refractivity contribution in [2.75, 3.05) is 13.1 Å². The number of aromatic nitrogens is 2. The molecule has 0 bridgehead atoms. The predicted molar refractivity (Wildman–Crippen MR) is 127 cm³/mol. The fourth-order valence-corrected chi connectivity index (χ4v) is 5.84. The summed E-state index contributed by atoms with van der Waals surface area (Å²) in [6, 6.07) is 4.96. The number of oxime groups is 1. The van der Waals surface area contributed by atoms with Gasteiger partial charge >= 0.3 is 0 Å². The monoisotopic (exact) mass is 439 g/mol. The Morgan fingerprint density at radius 2 is 1.94 bits per heavy atom. The fraction of sp³-hybridized carbons (Fsp3) is 0.640. The van der Waals surface area contributed by atoms with E-state index >= 15 is 0 Å². The van der Waals surface area contributed by atoms with Crippen molar-refractivity contribution in [2.24, 2.45) is 17.0 Å². The van der Waals surface area contributed by atoms with Crippen LogP contribution in [0.5, 0.6) is 0 Å². The summed E-state index contributed by atoms with van der Waals surface area (Å²) in [6.07, 6.45) is 10.8. The standard InChI is InChI=1S/C25H37N5O2/c1-17(2)19-6-8-20(9-7-19)29-13-10-21(11-14-29)30-24(16-27-18(3)31)23(15-28-32)22-5-4-12-26-25(22)30/h4-5,12,15,17,19-21,32H,6-11,13-14,16H2,1-3H3,(H,27,31). The summed E-state index contributed by atoms with van der Waals surface area (Å²) in [7, 11) is 0. The number of fused-ring (bicyclic) bond motifs is 1. The molecule has 1 aliphatic heterocycles. The molecule has 0 unspecified atom stereocenters. The van der Waals surface area contributed by atoms with Crippen LogP contribution < -0.4 is 5.32 Å². The van der Waals surface area contributed by atoms with Crippen LogP contribution in [0.3, 0.4) is 0 Å². The van der Waals surface area contributed by atoms with Gasteiger partial charge in [-0.15, -0.1) is 0 Å². The Morgan fingerprint density at radius 1 is 1.22 bits per heavy atom. The first-order valence-corrected chi connectivity index (χ1v) is 12.1. The highest BCUT2D eigenvalue weighted by atomic mass is 16.4. The lowest BCUT2D eigenvalue weighted by Gasteiger charge is -2.42. The molecule has 2 aromatic rings. The normalized spacial score (nSPS) is 23.4. The molecule has 3 heterocycles. The lowest BCUT2D eigenvalue weighted by molar-refractivity contribution is -0.119. The van der Waals surface area contributed by atoms with Crippen molar-refractivity contribution >= 4 is 23.2 Å². The van der Waals surface area contributed by atoms with Crippen molar-refractivity contribution in [3.8, 4) is 0 Å². The summed E-state index contributed by atoms with van der Waals surface area (Å²) >= 11 is 0. The van der Waals surface area contributed by atoms with Crippen molar-refractivity contribution in [1.82, 2.24) is 19.8 Å². The fourth-order valence-electron chi connectivity index (χ4n) is 5.84. The predicted octanol–water partition coefficient (Wildman–Crippen LogP) is 4.33. The van der Waals surface area contributed by atoms with Gasteiger partial charge in [0.15, 0.2) is 0 Å². The van der Waals surface area contributed by atoms with E-state index in [1.807, 2.05) is 18.3 Å². The molecule has 2 aromatic heterocycles. The molecule has 7 heteroatoms. The van der Waals surface area contributed by atoms with Crippen LogP contribution in [0.15, 0.2) is 23.5 Å². The average Bonchev–Trinajstić information content (AvgIpc) is 3.11. The third-order valence-electron chi connectivity index (χ3n) is 7.66. The second kappa shape index (κ2) is 10.0. The number of nitrogens with zero attached hydrogens (tertiary/aromatic N) is 4. The molecule has 4 rings (SSSR count). The first kappa shape index (κ1) is 22.8. The minimum atomic E-state index is -0.0755. The third-order valence-corrected chi connectivity index (χ3v) is 7.66. The Balaban J connectivity index is 1.54. The highest BCUT2D eigenvalue weighted by Crippen LogP contribution is 2.36.